The summed E-state index contributed by atoms with van der Waals surface area (Å²) in [5.41, 5.74) is 0.171. The topological polar surface area (TPSA) is 108 Å². The number of amides is 2. The summed E-state index contributed by atoms with van der Waals surface area (Å²) in [6, 6.07) is 3.14. The molecule has 0 saturated carbocycles. The molecule has 1 aromatic heterocycles. The van der Waals surface area contributed by atoms with Gasteiger partial charge in [0.2, 0.25) is 5.91 Å². The number of carbonyl (C=O) groups excluding carboxylic acids is 2. The van der Waals surface area contributed by atoms with Crippen LogP contribution in [0.15, 0.2) is 22.8 Å². The van der Waals surface area contributed by atoms with E-state index in [2.05, 4.69) is 31.5 Å². The van der Waals surface area contributed by atoms with Gasteiger partial charge in [0.25, 0.3) is 5.91 Å². The van der Waals surface area contributed by atoms with Crippen molar-refractivity contribution in [3.05, 3.63) is 28.5 Å². The second-order valence-electron chi connectivity index (χ2n) is 3.21. The maximum atomic E-state index is 11.5. The van der Waals surface area contributed by atoms with Gasteiger partial charge in [0.05, 0.1) is 6.54 Å². The SMILES string of the molecule is O=C(O)CNC(=O)CNC(=O)c1ccc(Br)cn1. The van der Waals surface area contributed by atoms with Gasteiger partial charge in [0.15, 0.2) is 0 Å². The summed E-state index contributed by atoms with van der Waals surface area (Å²) in [5, 5.41) is 12.8. The number of hydrogen-bond donors (Lipinski definition) is 3. The van der Waals surface area contributed by atoms with Crippen LogP contribution in [-0.4, -0.2) is 41.0 Å². The van der Waals surface area contributed by atoms with Gasteiger partial charge in [-0.2, -0.15) is 0 Å². The first-order valence-corrected chi connectivity index (χ1v) is 5.66. The Hall–Kier alpha value is -1.96. The van der Waals surface area contributed by atoms with Crippen molar-refractivity contribution in [2.24, 2.45) is 0 Å². The number of aromatic nitrogens is 1. The molecule has 0 fully saturated rings. The fourth-order valence-corrected chi connectivity index (χ4v) is 1.23. The van der Waals surface area contributed by atoms with Gasteiger partial charge in [-0.05, 0) is 28.1 Å². The van der Waals surface area contributed by atoms with Gasteiger partial charge < -0.3 is 15.7 Å². The number of nitrogens with zero attached hydrogens (tertiary/aromatic N) is 1. The van der Waals surface area contributed by atoms with Gasteiger partial charge >= 0.3 is 5.97 Å². The van der Waals surface area contributed by atoms with Crippen molar-refractivity contribution in [3.63, 3.8) is 0 Å². The van der Waals surface area contributed by atoms with Crippen LogP contribution >= 0.6 is 15.9 Å². The number of nitrogens with one attached hydrogen (secondary N) is 2. The molecular formula is C10H10BrN3O4. The van der Waals surface area contributed by atoms with E-state index in [1.54, 1.807) is 6.07 Å². The molecule has 0 aliphatic rings. The first-order valence-electron chi connectivity index (χ1n) is 4.87. The smallest absolute Gasteiger partial charge is 0.322 e. The van der Waals surface area contributed by atoms with E-state index in [0.717, 1.165) is 4.47 Å². The third-order valence-corrected chi connectivity index (χ3v) is 2.28. The average molecular weight is 316 g/mol. The summed E-state index contributed by atoms with van der Waals surface area (Å²) in [5.74, 6) is -2.24. The molecule has 0 unspecified atom stereocenters. The molecule has 18 heavy (non-hydrogen) atoms. The zero-order valence-corrected chi connectivity index (χ0v) is 10.7. The molecule has 1 heterocycles. The number of hydrogen-bond acceptors (Lipinski definition) is 4. The van der Waals surface area contributed by atoms with Crippen LogP contribution in [0.25, 0.3) is 0 Å². The Bertz CT molecular complexity index is 461. The van der Waals surface area contributed by atoms with Crippen molar-refractivity contribution in [1.82, 2.24) is 15.6 Å². The molecule has 0 atom stereocenters. The molecule has 8 heteroatoms. The number of rotatable bonds is 5. The van der Waals surface area contributed by atoms with Gasteiger partial charge in [0.1, 0.15) is 12.2 Å². The van der Waals surface area contributed by atoms with E-state index in [1.165, 1.54) is 12.3 Å². The van der Waals surface area contributed by atoms with Crippen LogP contribution in [0.1, 0.15) is 10.5 Å². The van der Waals surface area contributed by atoms with Crippen LogP contribution in [0.2, 0.25) is 0 Å². The minimum atomic E-state index is -1.15. The molecule has 0 saturated heterocycles. The van der Waals surface area contributed by atoms with Crippen LogP contribution in [0.5, 0.6) is 0 Å². The molecule has 0 aliphatic carbocycles. The lowest BCUT2D eigenvalue weighted by Gasteiger charge is -2.04. The summed E-state index contributed by atoms with van der Waals surface area (Å²) < 4.78 is 0.734. The summed E-state index contributed by atoms with van der Waals surface area (Å²) in [6.45, 7) is -0.783. The number of aliphatic carboxylic acids is 1. The van der Waals surface area contributed by atoms with Crippen molar-refractivity contribution in [3.8, 4) is 0 Å². The van der Waals surface area contributed by atoms with Crippen molar-refractivity contribution in [1.29, 1.82) is 0 Å². The number of carbonyl (C=O) groups is 3. The van der Waals surface area contributed by atoms with Crippen LogP contribution in [-0.2, 0) is 9.59 Å². The van der Waals surface area contributed by atoms with E-state index in [1.807, 2.05) is 0 Å². The van der Waals surface area contributed by atoms with Crippen LogP contribution in [0, 0.1) is 0 Å². The fraction of sp³-hybridized carbons (Fsp3) is 0.200. The average Bonchev–Trinajstić information content (AvgIpc) is 2.34. The highest BCUT2D eigenvalue weighted by Gasteiger charge is 2.09. The van der Waals surface area contributed by atoms with Crippen LogP contribution in [0.4, 0.5) is 0 Å². The zero-order valence-electron chi connectivity index (χ0n) is 9.14. The van der Waals surface area contributed by atoms with Gasteiger partial charge in [-0.1, -0.05) is 0 Å². The van der Waals surface area contributed by atoms with Gasteiger partial charge in [-0.3, -0.25) is 14.4 Å². The zero-order chi connectivity index (χ0) is 13.5. The minimum Gasteiger partial charge on any atom is -0.480 e. The molecular weight excluding hydrogens is 306 g/mol. The molecule has 0 aliphatic heterocycles. The van der Waals surface area contributed by atoms with Crippen LogP contribution < -0.4 is 10.6 Å². The third kappa shape index (κ3) is 4.91. The summed E-state index contributed by atoms with van der Waals surface area (Å²) in [6.07, 6.45) is 1.46. The molecule has 1 aromatic rings. The Morgan fingerprint density at radius 2 is 1.94 bits per heavy atom. The second kappa shape index (κ2) is 6.70. The van der Waals surface area contributed by atoms with Crippen molar-refractivity contribution in [2.45, 2.75) is 0 Å². The highest BCUT2D eigenvalue weighted by molar-refractivity contribution is 9.10. The fourth-order valence-electron chi connectivity index (χ4n) is 0.998. The number of carboxylic acids is 1. The number of pyridine rings is 1. The minimum absolute atomic E-state index is 0.171. The van der Waals surface area contributed by atoms with Crippen LogP contribution in [0.3, 0.4) is 0 Å². The number of carboxylic acid groups (broad SMARTS) is 1. The Labute approximate surface area is 111 Å². The Morgan fingerprint density at radius 3 is 2.50 bits per heavy atom. The number of halogens is 1. The predicted octanol–water partition coefficient (Wildman–Crippen LogP) is -0.225. The molecule has 7 nitrogen and oxygen atoms in total. The van der Waals surface area contributed by atoms with E-state index >= 15 is 0 Å². The second-order valence-corrected chi connectivity index (χ2v) is 4.13. The summed E-state index contributed by atoms with van der Waals surface area (Å²) in [7, 11) is 0. The van der Waals surface area contributed by atoms with E-state index in [9.17, 15) is 14.4 Å². The van der Waals surface area contributed by atoms with Crippen molar-refractivity contribution in [2.75, 3.05) is 13.1 Å². The molecule has 0 spiro atoms. The Balaban J connectivity index is 2.39. The quantitative estimate of drug-likeness (QED) is 0.696. The normalized spacial score (nSPS) is 9.61. The maximum absolute atomic E-state index is 11.5. The maximum Gasteiger partial charge on any atom is 0.322 e. The van der Waals surface area contributed by atoms with E-state index in [4.69, 9.17) is 5.11 Å². The van der Waals surface area contributed by atoms with E-state index < -0.39 is 24.3 Å². The van der Waals surface area contributed by atoms with E-state index in [-0.39, 0.29) is 12.2 Å². The lowest BCUT2D eigenvalue weighted by atomic mass is 10.3. The van der Waals surface area contributed by atoms with Gasteiger partial charge in [-0.25, -0.2) is 4.98 Å². The molecule has 3 N–H and O–H groups in total. The van der Waals surface area contributed by atoms with Gasteiger partial charge in [-0.15, -0.1) is 0 Å². The molecule has 0 aromatic carbocycles. The molecule has 96 valence electrons. The lowest BCUT2D eigenvalue weighted by molar-refractivity contribution is -0.137. The molecule has 0 bridgehead atoms. The van der Waals surface area contributed by atoms with Crippen molar-refractivity contribution < 1.29 is 19.5 Å². The monoisotopic (exact) mass is 315 g/mol. The third-order valence-electron chi connectivity index (χ3n) is 1.81. The highest BCUT2D eigenvalue weighted by Crippen LogP contribution is 2.06. The summed E-state index contributed by atoms with van der Waals surface area (Å²) in [4.78, 5) is 36.7. The standard InChI is InChI=1S/C10H10BrN3O4/c11-6-1-2-7(12-3-6)10(18)14-4-8(15)13-5-9(16)17/h1-3H,4-5H2,(H,13,15)(H,14,18)(H,16,17). The highest BCUT2D eigenvalue weighted by atomic mass is 79.9. The van der Waals surface area contributed by atoms with E-state index in [0.29, 0.717) is 0 Å². The molecule has 1 rings (SSSR count). The first-order chi connectivity index (χ1) is 8.49. The largest absolute Gasteiger partial charge is 0.480 e. The summed E-state index contributed by atoms with van der Waals surface area (Å²) >= 11 is 3.18. The molecule has 2 amide bonds. The Morgan fingerprint density at radius 1 is 1.22 bits per heavy atom. The Kier molecular flexibility index (Phi) is 5.25. The predicted molar refractivity (Wildman–Crippen MR) is 64.9 cm³/mol. The molecule has 0 radical (unpaired) electrons. The van der Waals surface area contributed by atoms with Gasteiger partial charge in [0, 0.05) is 10.7 Å². The van der Waals surface area contributed by atoms with Crippen molar-refractivity contribution >= 4 is 33.7 Å². The lowest BCUT2D eigenvalue weighted by Crippen LogP contribution is -2.39. The first kappa shape index (κ1) is 14.1.